The average molecular weight is 465 g/mol. The Morgan fingerprint density at radius 2 is 1.91 bits per heavy atom. The molecule has 2 heterocycles. The van der Waals surface area contributed by atoms with Gasteiger partial charge in [-0.15, -0.1) is 11.3 Å². The summed E-state index contributed by atoms with van der Waals surface area (Å²) in [5.41, 5.74) is 2.26. The number of anilines is 1. The molecule has 0 atom stereocenters. The summed E-state index contributed by atoms with van der Waals surface area (Å²) in [6.45, 7) is 4.23. The Labute approximate surface area is 197 Å². The van der Waals surface area contributed by atoms with Crippen LogP contribution in [0.15, 0.2) is 60.0 Å². The topological polar surface area (TPSA) is 83.6 Å². The van der Waals surface area contributed by atoms with Gasteiger partial charge in [0.1, 0.15) is 12.4 Å². The van der Waals surface area contributed by atoms with Crippen LogP contribution in [0.25, 0.3) is 0 Å². The molecule has 0 bridgehead atoms. The lowest BCUT2D eigenvalue weighted by Gasteiger charge is -2.31. The second-order valence-electron chi connectivity index (χ2n) is 8.11. The molecule has 172 valence electrons. The normalized spacial score (nSPS) is 14.6. The van der Waals surface area contributed by atoms with E-state index in [1.165, 1.54) is 0 Å². The summed E-state index contributed by atoms with van der Waals surface area (Å²) >= 11 is 1.59. The number of benzene rings is 2. The number of carbonyl (C=O) groups is 2. The largest absolute Gasteiger partial charge is 0.487 e. The average Bonchev–Trinajstić information content (AvgIpc) is 3.25. The highest BCUT2D eigenvalue weighted by molar-refractivity contribution is 7.09. The minimum Gasteiger partial charge on any atom is -0.487 e. The molecular formula is C25H28N4O3S. The zero-order valence-electron chi connectivity index (χ0n) is 18.6. The van der Waals surface area contributed by atoms with E-state index >= 15 is 0 Å². The molecule has 2 N–H and O–H groups in total. The van der Waals surface area contributed by atoms with E-state index in [-0.39, 0.29) is 17.9 Å². The van der Waals surface area contributed by atoms with Crippen LogP contribution in [0.2, 0.25) is 0 Å². The Morgan fingerprint density at radius 3 is 2.64 bits per heavy atom. The van der Waals surface area contributed by atoms with Gasteiger partial charge in [0.25, 0.3) is 5.91 Å². The summed E-state index contributed by atoms with van der Waals surface area (Å²) < 4.78 is 5.80. The van der Waals surface area contributed by atoms with Crippen molar-refractivity contribution in [2.75, 3.05) is 25.0 Å². The molecule has 0 radical (unpaired) electrons. The first-order chi connectivity index (χ1) is 16.0. The molecule has 7 nitrogen and oxygen atoms in total. The van der Waals surface area contributed by atoms with Gasteiger partial charge in [-0.2, -0.15) is 0 Å². The molecule has 1 saturated heterocycles. The monoisotopic (exact) mass is 464 g/mol. The van der Waals surface area contributed by atoms with Crippen LogP contribution in [-0.2, 0) is 11.4 Å². The number of ether oxygens (including phenoxy) is 1. The predicted octanol–water partition coefficient (Wildman–Crippen LogP) is 3.86. The SMILES string of the molecule is Cc1nc(COc2cccc(C(=O)NC3CCN(CC(=O)Nc4ccccc4)CC3)c2)cs1. The van der Waals surface area contributed by atoms with E-state index in [4.69, 9.17) is 4.74 Å². The Kier molecular flexibility index (Phi) is 7.70. The van der Waals surface area contributed by atoms with Crippen molar-refractivity contribution in [2.45, 2.75) is 32.4 Å². The number of rotatable bonds is 8. The van der Waals surface area contributed by atoms with Gasteiger partial charge in [0.2, 0.25) is 5.91 Å². The predicted molar refractivity (Wildman–Crippen MR) is 130 cm³/mol. The van der Waals surface area contributed by atoms with Gasteiger partial charge in [0.15, 0.2) is 0 Å². The number of nitrogens with zero attached hydrogens (tertiary/aromatic N) is 2. The summed E-state index contributed by atoms with van der Waals surface area (Å²) in [7, 11) is 0. The van der Waals surface area contributed by atoms with Crippen molar-refractivity contribution in [3.8, 4) is 5.75 Å². The van der Waals surface area contributed by atoms with Crippen LogP contribution < -0.4 is 15.4 Å². The first-order valence-corrected chi connectivity index (χ1v) is 11.9. The standard InChI is InChI=1S/C25H28N4O3S/c1-18-26-22(17-33-18)16-32-23-9-5-6-19(14-23)25(31)28-21-10-12-29(13-11-21)15-24(30)27-20-7-3-2-4-8-20/h2-9,14,17,21H,10-13,15-16H2,1H3,(H,27,30)(H,28,31). The van der Waals surface area contributed by atoms with E-state index in [2.05, 4.69) is 20.5 Å². The number of amides is 2. The van der Waals surface area contributed by atoms with Crippen molar-refractivity contribution in [3.05, 3.63) is 76.2 Å². The van der Waals surface area contributed by atoms with Crippen LogP contribution >= 0.6 is 11.3 Å². The first-order valence-electron chi connectivity index (χ1n) is 11.1. The van der Waals surface area contributed by atoms with Crippen LogP contribution in [0.4, 0.5) is 5.69 Å². The maximum atomic E-state index is 12.8. The second-order valence-corrected chi connectivity index (χ2v) is 9.17. The van der Waals surface area contributed by atoms with Gasteiger partial charge in [-0.1, -0.05) is 24.3 Å². The van der Waals surface area contributed by atoms with Crippen molar-refractivity contribution in [1.29, 1.82) is 0 Å². The van der Waals surface area contributed by atoms with Gasteiger partial charge in [-0.05, 0) is 50.1 Å². The zero-order valence-corrected chi connectivity index (χ0v) is 19.4. The summed E-state index contributed by atoms with van der Waals surface area (Å²) in [5.74, 6) is 0.520. The fourth-order valence-electron chi connectivity index (χ4n) is 3.79. The van der Waals surface area contributed by atoms with E-state index < -0.39 is 0 Å². The number of likely N-dealkylation sites (tertiary alicyclic amines) is 1. The third-order valence-electron chi connectivity index (χ3n) is 5.50. The molecule has 0 aliphatic carbocycles. The van der Waals surface area contributed by atoms with Crippen molar-refractivity contribution < 1.29 is 14.3 Å². The number of aryl methyl sites for hydroxylation is 1. The Hall–Kier alpha value is -3.23. The Balaban J connectivity index is 1.21. The highest BCUT2D eigenvalue weighted by Crippen LogP contribution is 2.18. The number of piperidine rings is 1. The summed E-state index contributed by atoms with van der Waals surface area (Å²) in [6, 6.07) is 16.8. The third-order valence-corrected chi connectivity index (χ3v) is 6.32. The van der Waals surface area contributed by atoms with Crippen molar-refractivity contribution in [1.82, 2.24) is 15.2 Å². The number of carbonyl (C=O) groups excluding carboxylic acids is 2. The Bertz CT molecular complexity index is 1080. The molecule has 1 aromatic heterocycles. The van der Waals surface area contributed by atoms with Crippen molar-refractivity contribution >= 4 is 28.8 Å². The molecule has 2 amide bonds. The van der Waals surface area contributed by atoms with E-state index in [1.807, 2.05) is 54.8 Å². The van der Waals surface area contributed by atoms with Gasteiger partial charge < -0.3 is 15.4 Å². The molecular weight excluding hydrogens is 436 g/mol. The van der Waals surface area contributed by atoms with Gasteiger partial charge >= 0.3 is 0 Å². The van der Waals surface area contributed by atoms with Gasteiger partial charge in [-0.3, -0.25) is 14.5 Å². The highest BCUT2D eigenvalue weighted by atomic mass is 32.1. The molecule has 0 spiro atoms. The van der Waals surface area contributed by atoms with E-state index in [1.54, 1.807) is 23.5 Å². The van der Waals surface area contributed by atoms with Gasteiger partial charge in [0.05, 0.1) is 17.2 Å². The number of thiazole rings is 1. The van der Waals surface area contributed by atoms with Crippen LogP contribution in [0.5, 0.6) is 5.75 Å². The van der Waals surface area contributed by atoms with Crippen LogP contribution in [0.1, 0.15) is 33.9 Å². The zero-order chi connectivity index (χ0) is 23.0. The number of nitrogens with one attached hydrogen (secondary N) is 2. The van der Waals surface area contributed by atoms with E-state index in [0.29, 0.717) is 24.5 Å². The summed E-state index contributed by atoms with van der Waals surface area (Å²) in [4.78, 5) is 31.5. The van der Waals surface area contributed by atoms with E-state index in [0.717, 1.165) is 42.3 Å². The maximum absolute atomic E-state index is 12.8. The number of para-hydroxylation sites is 1. The minimum atomic E-state index is -0.106. The molecule has 4 rings (SSSR count). The fourth-order valence-corrected chi connectivity index (χ4v) is 4.39. The maximum Gasteiger partial charge on any atom is 0.251 e. The molecule has 2 aromatic carbocycles. The number of hydrogen-bond acceptors (Lipinski definition) is 6. The van der Waals surface area contributed by atoms with E-state index in [9.17, 15) is 9.59 Å². The molecule has 0 unspecified atom stereocenters. The van der Waals surface area contributed by atoms with Crippen LogP contribution in [0.3, 0.4) is 0 Å². The van der Waals surface area contributed by atoms with Crippen molar-refractivity contribution in [3.63, 3.8) is 0 Å². The third kappa shape index (κ3) is 6.87. The fraction of sp³-hybridized carbons (Fsp3) is 0.320. The second kappa shape index (κ2) is 11.1. The van der Waals surface area contributed by atoms with Gasteiger partial charge in [0, 0.05) is 35.8 Å². The molecule has 1 aliphatic rings. The van der Waals surface area contributed by atoms with Crippen LogP contribution in [0, 0.1) is 6.92 Å². The number of hydrogen-bond donors (Lipinski definition) is 2. The van der Waals surface area contributed by atoms with Crippen molar-refractivity contribution in [2.24, 2.45) is 0 Å². The highest BCUT2D eigenvalue weighted by Gasteiger charge is 2.22. The van der Waals surface area contributed by atoms with Gasteiger partial charge in [-0.25, -0.2) is 4.98 Å². The minimum absolute atomic E-state index is 0.0201. The quantitative estimate of drug-likeness (QED) is 0.529. The van der Waals surface area contributed by atoms with Crippen LogP contribution in [-0.4, -0.2) is 47.4 Å². The lowest BCUT2D eigenvalue weighted by atomic mass is 10.0. The smallest absolute Gasteiger partial charge is 0.251 e. The summed E-state index contributed by atoms with van der Waals surface area (Å²) in [6.07, 6.45) is 1.62. The molecule has 0 saturated carbocycles. The molecule has 33 heavy (non-hydrogen) atoms. The lowest BCUT2D eigenvalue weighted by molar-refractivity contribution is -0.117. The molecule has 1 aliphatic heterocycles. The lowest BCUT2D eigenvalue weighted by Crippen LogP contribution is -2.46. The first kappa shape index (κ1) is 22.9. The molecule has 3 aromatic rings. The molecule has 8 heteroatoms. The number of aromatic nitrogens is 1. The molecule has 1 fully saturated rings. The Morgan fingerprint density at radius 1 is 1.12 bits per heavy atom. The summed E-state index contributed by atoms with van der Waals surface area (Å²) in [5, 5.41) is 9.02.